The molecule has 2 aromatic carbocycles. The van der Waals surface area contributed by atoms with Crippen LogP contribution in [0.2, 0.25) is 5.02 Å². The monoisotopic (exact) mass is 447 g/mol. The Kier molecular flexibility index (Phi) is 6.42. The quantitative estimate of drug-likeness (QED) is 0.555. The van der Waals surface area contributed by atoms with Gasteiger partial charge in [-0.15, -0.1) is 0 Å². The molecule has 10 heteroatoms. The lowest BCUT2D eigenvalue weighted by atomic mass is 10.1. The van der Waals surface area contributed by atoms with Crippen LogP contribution < -0.4 is 4.31 Å². The zero-order valence-corrected chi connectivity index (χ0v) is 18.4. The number of nitrogens with zero attached hydrogens (tertiary/aromatic N) is 5. The normalized spacial score (nSPS) is 12.4. The number of hydrogen-bond acceptors (Lipinski definition) is 5. The lowest BCUT2D eigenvalue weighted by Gasteiger charge is -2.29. The Morgan fingerprint density at radius 3 is 2.47 bits per heavy atom. The first-order chi connectivity index (χ1) is 14.2. The molecule has 1 amide bonds. The average molecular weight is 448 g/mol. The minimum atomic E-state index is -3.67. The molecule has 0 aliphatic carbocycles. The van der Waals surface area contributed by atoms with E-state index in [1.165, 1.54) is 17.3 Å². The van der Waals surface area contributed by atoms with Gasteiger partial charge in [-0.05, 0) is 42.8 Å². The average Bonchev–Trinajstić information content (AvgIpc) is 3.25. The number of hydrogen-bond donors (Lipinski definition) is 0. The van der Waals surface area contributed by atoms with E-state index in [1.807, 2.05) is 31.2 Å². The number of carbonyl (C=O) groups excluding carboxylic acids is 1. The summed E-state index contributed by atoms with van der Waals surface area (Å²) >= 11 is 5.99. The number of rotatable bonds is 7. The molecule has 1 heterocycles. The van der Waals surface area contributed by atoms with Crippen molar-refractivity contribution in [3.05, 3.63) is 71.8 Å². The highest BCUT2D eigenvalue weighted by molar-refractivity contribution is 7.92. The Bertz CT molecular complexity index is 1120. The fourth-order valence-corrected chi connectivity index (χ4v) is 3.98. The van der Waals surface area contributed by atoms with Gasteiger partial charge in [0.1, 0.15) is 19.2 Å². The van der Waals surface area contributed by atoms with Crippen molar-refractivity contribution in [2.24, 2.45) is 0 Å². The second kappa shape index (κ2) is 8.85. The fraction of sp³-hybridized carbons (Fsp3) is 0.250. The number of amides is 1. The van der Waals surface area contributed by atoms with Crippen LogP contribution in [0.3, 0.4) is 0 Å². The molecule has 1 unspecified atom stereocenters. The molecular weight excluding hydrogens is 426 g/mol. The molecule has 0 radical (unpaired) electrons. The van der Waals surface area contributed by atoms with Crippen LogP contribution in [0.15, 0.2) is 61.2 Å². The smallest absolute Gasteiger partial charge is 0.243 e. The second-order valence-electron chi connectivity index (χ2n) is 6.86. The van der Waals surface area contributed by atoms with Crippen molar-refractivity contribution in [3.63, 3.8) is 0 Å². The first-order valence-electron chi connectivity index (χ1n) is 9.10. The van der Waals surface area contributed by atoms with Crippen LogP contribution >= 0.6 is 11.6 Å². The first kappa shape index (κ1) is 21.8. The third kappa shape index (κ3) is 4.98. The Morgan fingerprint density at radius 1 is 1.20 bits per heavy atom. The summed E-state index contributed by atoms with van der Waals surface area (Å²) in [5.74, 6) is -0.340. The van der Waals surface area contributed by atoms with Crippen molar-refractivity contribution < 1.29 is 13.2 Å². The predicted octanol–water partition coefficient (Wildman–Crippen LogP) is 2.91. The number of carbonyl (C=O) groups is 1. The van der Waals surface area contributed by atoms with Gasteiger partial charge >= 0.3 is 0 Å². The van der Waals surface area contributed by atoms with E-state index in [2.05, 4.69) is 10.1 Å². The molecule has 0 aliphatic heterocycles. The SMILES string of the molecule is CC(c1ccc(-n2cncn2)cc1)N(C)C(=O)CN(c1cccc(Cl)c1)S(C)(=O)=O. The summed E-state index contributed by atoms with van der Waals surface area (Å²) in [5.41, 5.74) is 2.10. The molecule has 0 saturated heterocycles. The van der Waals surface area contributed by atoms with Crippen molar-refractivity contribution in [2.75, 3.05) is 24.2 Å². The van der Waals surface area contributed by atoms with E-state index >= 15 is 0 Å². The predicted molar refractivity (Wildman–Crippen MR) is 116 cm³/mol. The number of sulfonamides is 1. The Hall–Kier alpha value is -2.91. The van der Waals surface area contributed by atoms with Gasteiger partial charge in [0.25, 0.3) is 0 Å². The minimum absolute atomic E-state index is 0.261. The minimum Gasteiger partial charge on any atom is -0.337 e. The number of halogens is 1. The van der Waals surface area contributed by atoms with Crippen LogP contribution in [-0.2, 0) is 14.8 Å². The summed E-state index contributed by atoms with van der Waals surface area (Å²) in [7, 11) is -2.02. The molecule has 1 aromatic heterocycles. The van der Waals surface area contributed by atoms with Gasteiger partial charge in [0.15, 0.2) is 0 Å². The summed E-state index contributed by atoms with van der Waals surface area (Å²) in [4.78, 5) is 18.3. The highest BCUT2D eigenvalue weighted by Crippen LogP contribution is 2.24. The molecule has 0 bridgehead atoms. The third-order valence-electron chi connectivity index (χ3n) is 4.81. The zero-order chi connectivity index (χ0) is 21.9. The molecule has 0 aliphatic rings. The van der Waals surface area contributed by atoms with Gasteiger partial charge in [-0.1, -0.05) is 29.8 Å². The van der Waals surface area contributed by atoms with Crippen molar-refractivity contribution in [1.29, 1.82) is 0 Å². The molecule has 0 saturated carbocycles. The van der Waals surface area contributed by atoms with E-state index in [-0.39, 0.29) is 18.5 Å². The maximum Gasteiger partial charge on any atom is 0.243 e. The molecule has 30 heavy (non-hydrogen) atoms. The van der Waals surface area contributed by atoms with Gasteiger partial charge in [0.05, 0.1) is 23.7 Å². The Labute approximate surface area is 180 Å². The van der Waals surface area contributed by atoms with Crippen molar-refractivity contribution in [3.8, 4) is 5.69 Å². The number of aromatic nitrogens is 3. The molecule has 0 N–H and O–H groups in total. The largest absolute Gasteiger partial charge is 0.337 e. The van der Waals surface area contributed by atoms with E-state index in [9.17, 15) is 13.2 Å². The van der Waals surface area contributed by atoms with Crippen LogP contribution in [0.1, 0.15) is 18.5 Å². The van der Waals surface area contributed by atoms with Gasteiger partial charge in [-0.2, -0.15) is 5.10 Å². The summed E-state index contributed by atoms with van der Waals surface area (Å²) < 4.78 is 27.3. The lowest BCUT2D eigenvalue weighted by molar-refractivity contribution is -0.130. The van der Waals surface area contributed by atoms with E-state index in [0.717, 1.165) is 21.8 Å². The van der Waals surface area contributed by atoms with Crippen LogP contribution in [-0.4, -0.2) is 53.8 Å². The summed E-state index contributed by atoms with van der Waals surface area (Å²) in [6, 6.07) is 13.7. The lowest BCUT2D eigenvalue weighted by Crippen LogP contribution is -2.42. The number of anilines is 1. The van der Waals surface area contributed by atoms with Gasteiger partial charge in [0.2, 0.25) is 15.9 Å². The van der Waals surface area contributed by atoms with E-state index in [4.69, 9.17) is 11.6 Å². The van der Waals surface area contributed by atoms with Gasteiger partial charge in [-0.3, -0.25) is 9.10 Å². The summed E-state index contributed by atoms with van der Waals surface area (Å²) in [5, 5.41) is 4.48. The first-order valence-corrected chi connectivity index (χ1v) is 11.3. The van der Waals surface area contributed by atoms with Crippen LogP contribution in [0.25, 0.3) is 5.69 Å². The molecule has 0 spiro atoms. The molecular formula is C20H22ClN5O3S. The van der Waals surface area contributed by atoms with E-state index in [0.29, 0.717) is 10.7 Å². The summed E-state index contributed by atoms with van der Waals surface area (Å²) in [6.45, 7) is 1.56. The highest BCUT2D eigenvalue weighted by Gasteiger charge is 2.25. The molecule has 8 nitrogen and oxygen atoms in total. The van der Waals surface area contributed by atoms with Gasteiger partial charge in [0, 0.05) is 12.1 Å². The Morgan fingerprint density at radius 2 is 1.90 bits per heavy atom. The van der Waals surface area contributed by atoms with Gasteiger partial charge in [-0.25, -0.2) is 18.1 Å². The highest BCUT2D eigenvalue weighted by atomic mass is 35.5. The van der Waals surface area contributed by atoms with Crippen molar-refractivity contribution in [2.45, 2.75) is 13.0 Å². The van der Waals surface area contributed by atoms with Crippen LogP contribution in [0.4, 0.5) is 5.69 Å². The third-order valence-corrected chi connectivity index (χ3v) is 6.18. The second-order valence-corrected chi connectivity index (χ2v) is 9.20. The standard InChI is InChI=1S/C20H22ClN5O3S/c1-15(16-7-9-18(10-8-16)25-14-22-13-23-25)24(2)20(27)12-26(30(3,28)29)19-6-4-5-17(21)11-19/h4-11,13-15H,12H2,1-3H3. The van der Waals surface area contributed by atoms with Gasteiger partial charge < -0.3 is 4.90 Å². The molecule has 158 valence electrons. The number of likely N-dealkylation sites (N-methyl/N-ethyl adjacent to an activating group) is 1. The van der Waals surface area contributed by atoms with E-state index in [1.54, 1.807) is 36.3 Å². The van der Waals surface area contributed by atoms with Crippen molar-refractivity contribution in [1.82, 2.24) is 19.7 Å². The van der Waals surface area contributed by atoms with Crippen LogP contribution in [0.5, 0.6) is 0 Å². The number of benzene rings is 2. The molecule has 3 aromatic rings. The molecule has 1 atom stereocenters. The van der Waals surface area contributed by atoms with E-state index < -0.39 is 10.0 Å². The van der Waals surface area contributed by atoms with Crippen LogP contribution in [0, 0.1) is 0 Å². The zero-order valence-electron chi connectivity index (χ0n) is 16.8. The summed E-state index contributed by atoms with van der Waals surface area (Å²) in [6.07, 6.45) is 4.12. The Balaban J connectivity index is 1.76. The maximum atomic E-state index is 12.9. The fourth-order valence-electron chi connectivity index (χ4n) is 2.95. The maximum absolute atomic E-state index is 12.9. The van der Waals surface area contributed by atoms with Crippen molar-refractivity contribution >= 4 is 33.2 Å². The molecule has 3 rings (SSSR count). The molecule has 0 fully saturated rings. The topological polar surface area (TPSA) is 88.4 Å².